The van der Waals surface area contributed by atoms with Crippen LogP contribution in [0.25, 0.3) is 0 Å². The third-order valence-corrected chi connectivity index (χ3v) is 0.283. The number of hydrogen-bond acceptors (Lipinski definition) is 3. The number of hydrogen-bond donors (Lipinski definition) is 0. The zero-order valence-corrected chi connectivity index (χ0v) is 6.03. The van der Waals surface area contributed by atoms with E-state index in [0.29, 0.717) is 0 Å². The van der Waals surface area contributed by atoms with Crippen LogP contribution in [0.15, 0.2) is 17.2 Å². The van der Waals surface area contributed by atoms with E-state index in [1.54, 1.807) is 0 Å². The van der Waals surface area contributed by atoms with Crippen LogP contribution in [0.1, 0.15) is 28.2 Å². The van der Waals surface area contributed by atoms with Crippen molar-refractivity contribution in [1.82, 2.24) is 10.2 Å². The first-order chi connectivity index (χ1) is 4.23. The predicted molar refractivity (Wildman–Crippen MR) is 41.5 cm³/mol. The summed E-state index contributed by atoms with van der Waals surface area (Å²) in [4.78, 5) is 0. The van der Waals surface area contributed by atoms with Crippen molar-refractivity contribution in [3.63, 3.8) is 0 Å². The molecule has 0 atom stereocenters. The highest BCUT2D eigenvalue weighted by molar-refractivity contribution is 4.29. The Hall–Kier alpha value is -0.860. The summed E-state index contributed by atoms with van der Waals surface area (Å²) in [5, 5.41) is 6.61. The van der Waals surface area contributed by atoms with Crippen molar-refractivity contribution in [1.29, 1.82) is 0 Å². The Morgan fingerprint density at radius 3 is 1.50 bits per heavy atom. The van der Waals surface area contributed by atoms with Crippen LogP contribution in [0.4, 0.5) is 0 Å². The van der Waals surface area contributed by atoms with Crippen LogP contribution in [0.5, 0.6) is 0 Å². The van der Waals surface area contributed by atoms with Gasteiger partial charge in [0.2, 0.25) is 12.8 Å². The molecule has 0 fully saturated rings. The van der Waals surface area contributed by atoms with Crippen LogP contribution < -0.4 is 0 Å². The molecule has 0 amide bonds. The summed E-state index contributed by atoms with van der Waals surface area (Å²) in [5.74, 6) is 0.833. The summed E-state index contributed by atoms with van der Waals surface area (Å²) >= 11 is 0. The van der Waals surface area contributed by atoms with Gasteiger partial charge in [-0.1, -0.05) is 28.2 Å². The lowest BCUT2D eigenvalue weighted by Gasteiger charge is -1.79. The van der Waals surface area contributed by atoms with E-state index < -0.39 is 0 Å². The Labute approximate surface area is 62.5 Å². The maximum atomic E-state index is 4.36. The van der Waals surface area contributed by atoms with E-state index in [9.17, 15) is 0 Å². The molecule has 0 aromatic carbocycles. The molecule has 0 aliphatic heterocycles. The van der Waals surface area contributed by atoms with E-state index in [0.717, 1.165) is 5.92 Å². The summed E-state index contributed by atoms with van der Waals surface area (Å²) in [6, 6.07) is 0. The van der Waals surface area contributed by atoms with Crippen molar-refractivity contribution >= 4 is 0 Å². The van der Waals surface area contributed by atoms with Crippen LogP contribution in [-0.2, 0) is 0 Å². The Morgan fingerprint density at radius 1 is 1.10 bits per heavy atom. The van der Waals surface area contributed by atoms with Crippen LogP contribution in [-0.4, -0.2) is 10.2 Å². The molecule has 0 bridgehead atoms. The molecular formula is C7H16N2O. The third-order valence-electron chi connectivity index (χ3n) is 0.283. The Balaban J connectivity index is 0. The van der Waals surface area contributed by atoms with Gasteiger partial charge in [0.1, 0.15) is 0 Å². The molecule has 0 aliphatic carbocycles. The molecule has 0 N–H and O–H groups in total. The highest BCUT2D eigenvalue weighted by Gasteiger charge is 1.68. The maximum Gasteiger partial charge on any atom is 0.203 e. The molecule has 10 heavy (non-hydrogen) atoms. The quantitative estimate of drug-likeness (QED) is 0.561. The van der Waals surface area contributed by atoms with Crippen LogP contribution in [0, 0.1) is 5.92 Å². The van der Waals surface area contributed by atoms with Crippen LogP contribution >= 0.6 is 0 Å². The van der Waals surface area contributed by atoms with Gasteiger partial charge in [-0.25, -0.2) is 0 Å². The molecule has 1 rings (SSSR count). The zero-order valence-electron chi connectivity index (χ0n) is 6.03. The van der Waals surface area contributed by atoms with Crippen LogP contribution in [0.2, 0.25) is 0 Å². The lowest BCUT2D eigenvalue weighted by Crippen LogP contribution is -1.66. The second-order valence-electron chi connectivity index (χ2n) is 2.31. The minimum atomic E-state index is 0. The molecular weight excluding hydrogens is 128 g/mol. The van der Waals surface area contributed by atoms with E-state index in [-0.39, 0.29) is 7.43 Å². The number of rotatable bonds is 0. The van der Waals surface area contributed by atoms with Crippen molar-refractivity contribution < 1.29 is 4.42 Å². The Kier molecular flexibility index (Phi) is 9.67. The standard InChI is InChI=1S/C4H10.C2H2N2O.CH4/c1-4(2)3;1-3-4-2-5-1;/h4H,1-3H3;1-2H;1H4. The Bertz CT molecular complexity index is 95.2. The van der Waals surface area contributed by atoms with Gasteiger partial charge in [0.25, 0.3) is 0 Å². The molecule has 0 unspecified atom stereocenters. The van der Waals surface area contributed by atoms with E-state index in [2.05, 4.69) is 35.4 Å². The normalized spacial score (nSPS) is 7.60. The van der Waals surface area contributed by atoms with Crippen molar-refractivity contribution in [3.05, 3.63) is 12.8 Å². The fourth-order valence-corrected chi connectivity index (χ4v) is 0.136. The van der Waals surface area contributed by atoms with Crippen molar-refractivity contribution in [2.75, 3.05) is 0 Å². The summed E-state index contributed by atoms with van der Waals surface area (Å²) in [7, 11) is 0. The van der Waals surface area contributed by atoms with Gasteiger partial charge in [-0.3, -0.25) is 0 Å². The van der Waals surface area contributed by atoms with E-state index in [1.165, 1.54) is 12.8 Å². The molecule has 3 heteroatoms. The second kappa shape index (κ2) is 8.14. The highest BCUT2D eigenvalue weighted by Crippen LogP contribution is 1.81. The topological polar surface area (TPSA) is 38.9 Å². The van der Waals surface area contributed by atoms with Gasteiger partial charge in [-0.2, -0.15) is 0 Å². The smallest absolute Gasteiger partial charge is 0.203 e. The SMILES string of the molecule is C.CC(C)C.c1nnco1. The minimum absolute atomic E-state index is 0. The molecule has 0 spiro atoms. The van der Waals surface area contributed by atoms with Gasteiger partial charge in [0.05, 0.1) is 0 Å². The van der Waals surface area contributed by atoms with Gasteiger partial charge in [0.15, 0.2) is 0 Å². The van der Waals surface area contributed by atoms with Gasteiger partial charge in [-0.05, 0) is 5.92 Å². The average Bonchev–Trinajstić information content (AvgIpc) is 2.11. The van der Waals surface area contributed by atoms with Gasteiger partial charge in [-0.15, -0.1) is 10.2 Å². The fourth-order valence-electron chi connectivity index (χ4n) is 0.136. The average molecular weight is 144 g/mol. The summed E-state index contributed by atoms with van der Waals surface area (Å²) in [6.07, 6.45) is 2.53. The van der Waals surface area contributed by atoms with E-state index in [1.807, 2.05) is 0 Å². The first-order valence-electron chi connectivity index (χ1n) is 2.92. The fraction of sp³-hybridized carbons (Fsp3) is 0.714. The van der Waals surface area contributed by atoms with Crippen molar-refractivity contribution in [2.24, 2.45) is 5.92 Å². The molecule has 0 saturated carbocycles. The van der Waals surface area contributed by atoms with E-state index >= 15 is 0 Å². The molecule has 0 radical (unpaired) electrons. The van der Waals surface area contributed by atoms with Crippen molar-refractivity contribution in [2.45, 2.75) is 28.2 Å². The first kappa shape index (κ1) is 11.9. The monoisotopic (exact) mass is 144 g/mol. The zero-order chi connectivity index (χ0) is 7.11. The molecule has 1 aromatic rings. The molecule has 0 saturated heterocycles. The largest absolute Gasteiger partial charge is 0.431 e. The number of aromatic nitrogens is 2. The van der Waals surface area contributed by atoms with Crippen molar-refractivity contribution in [3.8, 4) is 0 Å². The summed E-state index contributed by atoms with van der Waals surface area (Å²) in [6.45, 7) is 6.50. The third kappa shape index (κ3) is 15.7. The second-order valence-corrected chi connectivity index (χ2v) is 2.31. The minimum Gasteiger partial charge on any atom is -0.431 e. The number of nitrogens with zero attached hydrogens (tertiary/aromatic N) is 2. The molecule has 1 aromatic heterocycles. The summed E-state index contributed by atoms with van der Waals surface area (Å²) in [5.41, 5.74) is 0. The van der Waals surface area contributed by atoms with Gasteiger partial charge < -0.3 is 4.42 Å². The lowest BCUT2D eigenvalue weighted by atomic mass is 10.3. The molecule has 0 aliphatic rings. The van der Waals surface area contributed by atoms with Crippen LogP contribution in [0.3, 0.4) is 0 Å². The molecule has 3 nitrogen and oxygen atoms in total. The first-order valence-corrected chi connectivity index (χ1v) is 2.92. The molecule has 1 heterocycles. The Morgan fingerprint density at radius 2 is 1.40 bits per heavy atom. The van der Waals surface area contributed by atoms with Gasteiger partial charge >= 0.3 is 0 Å². The highest BCUT2D eigenvalue weighted by atomic mass is 16.3. The summed E-state index contributed by atoms with van der Waals surface area (Å²) < 4.78 is 4.36. The molecule has 60 valence electrons. The van der Waals surface area contributed by atoms with Gasteiger partial charge in [0, 0.05) is 0 Å². The lowest BCUT2D eigenvalue weighted by molar-refractivity contribution is 0.553. The predicted octanol–water partition coefficient (Wildman–Crippen LogP) is 2.37. The van der Waals surface area contributed by atoms with E-state index in [4.69, 9.17) is 0 Å². The maximum absolute atomic E-state index is 4.36.